The molecule has 31 heavy (non-hydrogen) atoms. The molecule has 1 aromatic heterocycles. The molecule has 4 rings (SSSR count). The van der Waals surface area contributed by atoms with Gasteiger partial charge in [0.2, 0.25) is 0 Å². The fourth-order valence-electron chi connectivity index (χ4n) is 4.01. The zero-order valence-electron chi connectivity index (χ0n) is 18.0. The van der Waals surface area contributed by atoms with Gasteiger partial charge in [-0.15, -0.1) is 0 Å². The molecule has 1 fully saturated rings. The number of nitrogens with zero attached hydrogens (tertiary/aromatic N) is 4. The number of urea groups is 1. The average Bonchev–Trinajstić information content (AvgIpc) is 3.31. The van der Waals surface area contributed by atoms with Gasteiger partial charge >= 0.3 is 6.03 Å². The first-order valence-electron chi connectivity index (χ1n) is 11.2. The predicted molar refractivity (Wildman–Crippen MR) is 124 cm³/mol. The highest BCUT2D eigenvalue weighted by atomic mass is 16.2. The summed E-state index contributed by atoms with van der Waals surface area (Å²) in [6.45, 7) is 5.95. The Kier molecular flexibility index (Phi) is 7.34. The molecule has 3 aromatic rings. The second-order valence-corrected chi connectivity index (χ2v) is 7.96. The van der Waals surface area contributed by atoms with E-state index in [1.54, 1.807) is 0 Å². The van der Waals surface area contributed by atoms with Crippen molar-refractivity contribution >= 4 is 6.03 Å². The first-order chi connectivity index (χ1) is 15.3. The van der Waals surface area contributed by atoms with Crippen molar-refractivity contribution in [3.8, 4) is 11.4 Å². The molecule has 2 aromatic carbocycles. The number of rotatable bonds is 8. The van der Waals surface area contributed by atoms with Crippen LogP contribution in [0.1, 0.15) is 12.0 Å². The van der Waals surface area contributed by atoms with Crippen LogP contribution in [-0.2, 0) is 13.0 Å². The molecule has 0 radical (unpaired) electrons. The number of hydrogen-bond acceptors (Lipinski definition) is 3. The zero-order valence-corrected chi connectivity index (χ0v) is 18.0. The van der Waals surface area contributed by atoms with Gasteiger partial charge in [0.1, 0.15) is 5.82 Å². The van der Waals surface area contributed by atoms with Crippen molar-refractivity contribution in [1.29, 1.82) is 0 Å². The SMILES string of the molecule is O=C(NCCCc1ccccc1)N1CCN(CCn2ccnc2-c2ccccc2)CC1. The van der Waals surface area contributed by atoms with Crippen molar-refractivity contribution < 1.29 is 4.79 Å². The Hall–Kier alpha value is -3.12. The van der Waals surface area contributed by atoms with E-state index in [4.69, 9.17) is 0 Å². The van der Waals surface area contributed by atoms with Gasteiger partial charge in [0.05, 0.1) is 0 Å². The lowest BCUT2D eigenvalue weighted by atomic mass is 10.1. The number of nitrogens with one attached hydrogen (secondary N) is 1. The van der Waals surface area contributed by atoms with E-state index in [2.05, 4.69) is 56.2 Å². The van der Waals surface area contributed by atoms with E-state index >= 15 is 0 Å². The smallest absolute Gasteiger partial charge is 0.317 e. The number of aryl methyl sites for hydroxylation is 1. The topological polar surface area (TPSA) is 53.4 Å². The summed E-state index contributed by atoms with van der Waals surface area (Å²) >= 11 is 0. The van der Waals surface area contributed by atoms with E-state index in [9.17, 15) is 4.79 Å². The number of benzene rings is 2. The van der Waals surface area contributed by atoms with E-state index < -0.39 is 0 Å². The van der Waals surface area contributed by atoms with Crippen LogP contribution >= 0.6 is 0 Å². The van der Waals surface area contributed by atoms with Crippen LogP contribution in [-0.4, -0.2) is 64.7 Å². The van der Waals surface area contributed by atoms with Gasteiger partial charge < -0.3 is 14.8 Å². The van der Waals surface area contributed by atoms with Crippen molar-refractivity contribution in [2.24, 2.45) is 0 Å². The van der Waals surface area contributed by atoms with Crippen molar-refractivity contribution in [3.05, 3.63) is 78.6 Å². The first kappa shape index (κ1) is 21.1. The third kappa shape index (κ3) is 5.95. The molecule has 0 unspecified atom stereocenters. The maximum absolute atomic E-state index is 12.4. The number of hydrogen-bond donors (Lipinski definition) is 1. The number of carbonyl (C=O) groups is 1. The summed E-state index contributed by atoms with van der Waals surface area (Å²) in [4.78, 5) is 21.3. The minimum atomic E-state index is 0.0636. The normalized spacial score (nSPS) is 14.5. The number of imidazole rings is 1. The highest BCUT2D eigenvalue weighted by molar-refractivity contribution is 5.74. The monoisotopic (exact) mass is 417 g/mol. The molecular weight excluding hydrogens is 386 g/mol. The summed E-state index contributed by atoms with van der Waals surface area (Å²) in [6.07, 6.45) is 5.86. The largest absolute Gasteiger partial charge is 0.338 e. The predicted octanol–water partition coefficient (Wildman–Crippen LogP) is 3.51. The van der Waals surface area contributed by atoms with Crippen LogP contribution in [0.2, 0.25) is 0 Å². The standard InChI is InChI=1S/C25H31N5O/c31-25(27-13-7-10-22-8-3-1-4-9-22)30-20-17-28(18-21-30)16-19-29-15-14-26-24(29)23-11-5-2-6-12-23/h1-6,8-9,11-12,14-15H,7,10,13,16-21H2,(H,27,31). The van der Waals surface area contributed by atoms with Gasteiger partial charge in [-0.3, -0.25) is 4.90 Å². The summed E-state index contributed by atoms with van der Waals surface area (Å²) < 4.78 is 2.21. The van der Waals surface area contributed by atoms with E-state index in [-0.39, 0.29) is 6.03 Å². The van der Waals surface area contributed by atoms with E-state index in [1.165, 1.54) is 5.56 Å². The molecule has 1 aliphatic heterocycles. The van der Waals surface area contributed by atoms with Crippen LogP contribution in [0.25, 0.3) is 11.4 Å². The van der Waals surface area contributed by atoms with Crippen LogP contribution in [0.3, 0.4) is 0 Å². The quantitative estimate of drug-likeness (QED) is 0.571. The molecule has 0 atom stereocenters. The third-order valence-electron chi connectivity index (χ3n) is 5.83. The summed E-state index contributed by atoms with van der Waals surface area (Å²) in [7, 11) is 0. The molecule has 6 heteroatoms. The van der Waals surface area contributed by atoms with E-state index in [0.29, 0.717) is 0 Å². The molecule has 6 nitrogen and oxygen atoms in total. The van der Waals surface area contributed by atoms with Crippen molar-refractivity contribution in [2.45, 2.75) is 19.4 Å². The molecule has 162 valence electrons. The zero-order chi connectivity index (χ0) is 21.3. The van der Waals surface area contributed by atoms with Crippen molar-refractivity contribution in [2.75, 3.05) is 39.3 Å². The number of amides is 2. The molecule has 0 aliphatic carbocycles. The molecule has 2 heterocycles. The minimum absolute atomic E-state index is 0.0636. The van der Waals surface area contributed by atoms with Gasteiger partial charge in [-0.25, -0.2) is 9.78 Å². The Bertz CT molecular complexity index is 933. The number of carbonyl (C=O) groups excluding carboxylic acids is 1. The van der Waals surface area contributed by atoms with Crippen LogP contribution in [0.5, 0.6) is 0 Å². The molecule has 0 spiro atoms. The lowest BCUT2D eigenvalue weighted by Crippen LogP contribution is -2.52. The van der Waals surface area contributed by atoms with Gasteiger partial charge in [-0.05, 0) is 18.4 Å². The van der Waals surface area contributed by atoms with Crippen LogP contribution in [0.15, 0.2) is 73.1 Å². The van der Waals surface area contributed by atoms with Crippen molar-refractivity contribution in [3.63, 3.8) is 0 Å². The Balaban J connectivity index is 1.16. The van der Waals surface area contributed by atoms with Crippen LogP contribution < -0.4 is 5.32 Å². The first-order valence-corrected chi connectivity index (χ1v) is 11.2. The fourth-order valence-corrected chi connectivity index (χ4v) is 4.01. The summed E-state index contributed by atoms with van der Waals surface area (Å²) in [5, 5.41) is 3.07. The summed E-state index contributed by atoms with van der Waals surface area (Å²) in [6, 6.07) is 20.8. The van der Waals surface area contributed by atoms with Gasteiger partial charge in [-0.2, -0.15) is 0 Å². The Morgan fingerprint density at radius 1 is 0.903 bits per heavy atom. The minimum Gasteiger partial charge on any atom is -0.338 e. The molecule has 1 N–H and O–H groups in total. The van der Waals surface area contributed by atoms with Gasteiger partial charge in [0.25, 0.3) is 0 Å². The lowest BCUT2D eigenvalue weighted by molar-refractivity contribution is 0.137. The molecular formula is C25H31N5O. The van der Waals surface area contributed by atoms with Crippen LogP contribution in [0, 0.1) is 0 Å². The van der Waals surface area contributed by atoms with Gasteiger partial charge in [0.15, 0.2) is 0 Å². The number of piperazine rings is 1. The Labute approximate surface area is 184 Å². The van der Waals surface area contributed by atoms with E-state index in [0.717, 1.165) is 70.0 Å². The van der Waals surface area contributed by atoms with Gasteiger partial charge in [0, 0.05) is 63.8 Å². The lowest BCUT2D eigenvalue weighted by Gasteiger charge is -2.34. The molecule has 1 saturated heterocycles. The second kappa shape index (κ2) is 10.8. The summed E-state index contributed by atoms with van der Waals surface area (Å²) in [5.74, 6) is 1.01. The average molecular weight is 418 g/mol. The van der Waals surface area contributed by atoms with Crippen molar-refractivity contribution in [1.82, 2.24) is 24.7 Å². The molecule has 0 saturated carbocycles. The molecule has 2 amide bonds. The van der Waals surface area contributed by atoms with E-state index in [1.807, 2.05) is 41.6 Å². The van der Waals surface area contributed by atoms with Gasteiger partial charge in [-0.1, -0.05) is 60.7 Å². The second-order valence-electron chi connectivity index (χ2n) is 7.96. The number of aromatic nitrogens is 2. The summed E-state index contributed by atoms with van der Waals surface area (Å²) in [5.41, 5.74) is 2.46. The highest BCUT2D eigenvalue weighted by Crippen LogP contribution is 2.16. The van der Waals surface area contributed by atoms with Crippen LogP contribution in [0.4, 0.5) is 4.79 Å². The fraction of sp³-hybridized carbons (Fsp3) is 0.360. The Morgan fingerprint density at radius 2 is 1.61 bits per heavy atom. The Morgan fingerprint density at radius 3 is 2.35 bits per heavy atom. The highest BCUT2D eigenvalue weighted by Gasteiger charge is 2.20. The maximum Gasteiger partial charge on any atom is 0.317 e. The third-order valence-corrected chi connectivity index (χ3v) is 5.83. The maximum atomic E-state index is 12.4. The molecule has 1 aliphatic rings. The molecule has 0 bridgehead atoms.